The van der Waals surface area contributed by atoms with Gasteiger partial charge in [0.1, 0.15) is 11.5 Å². The van der Waals surface area contributed by atoms with E-state index >= 15 is 0 Å². The number of rotatable bonds is 8. The Morgan fingerprint density at radius 1 is 1.12 bits per heavy atom. The van der Waals surface area contributed by atoms with Crippen molar-refractivity contribution in [3.63, 3.8) is 0 Å². The van der Waals surface area contributed by atoms with Crippen LogP contribution in [0.5, 0.6) is 11.5 Å². The standard InChI is InChI=1S/C18H28N2O3.ClH/c1-3-13-20(15-9-11-19-12-10-15)18(21)14-23-17-7-5-16(6-8-17)22-4-2;/h5-8,15,19H,3-4,9-14H2,1-2H3;1H. The summed E-state index contributed by atoms with van der Waals surface area (Å²) >= 11 is 0. The van der Waals surface area contributed by atoms with Crippen LogP contribution in [0.15, 0.2) is 24.3 Å². The molecule has 1 N–H and O–H groups in total. The first-order valence-electron chi connectivity index (χ1n) is 8.60. The molecule has 0 radical (unpaired) electrons. The second-order valence-corrected chi connectivity index (χ2v) is 5.76. The lowest BCUT2D eigenvalue weighted by Crippen LogP contribution is -2.48. The van der Waals surface area contributed by atoms with Gasteiger partial charge in [-0.1, -0.05) is 6.92 Å². The number of ether oxygens (including phenoxy) is 2. The van der Waals surface area contributed by atoms with Crippen LogP contribution in [0, 0.1) is 0 Å². The second-order valence-electron chi connectivity index (χ2n) is 5.76. The molecule has 0 bridgehead atoms. The van der Waals surface area contributed by atoms with Gasteiger partial charge in [-0.25, -0.2) is 0 Å². The molecular formula is C18H29ClN2O3. The molecule has 0 aliphatic carbocycles. The van der Waals surface area contributed by atoms with Crippen LogP contribution >= 0.6 is 12.4 Å². The van der Waals surface area contributed by atoms with Gasteiger partial charge in [0.05, 0.1) is 6.61 Å². The van der Waals surface area contributed by atoms with Crippen molar-refractivity contribution in [1.29, 1.82) is 0 Å². The van der Waals surface area contributed by atoms with Crippen molar-refractivity contribution in [2.75, 3.05) is 32.8 Å². The van der Waals surface area contributed by atoms with Gasteiger partial charge < -0.3 is 19.7 Å². The molecule has 1 aromatic carbocycles. The van der Waals surface area contributed by atoms with Gasteiger partial charge in [0.25, 0.3) is 5.91 Å². The van der Waals surface area contributed by atoms with E-state index < -0.39 is 0 Å². The first-order valence-corrected chi connectivity index (χ1v) is 8.60. The zero-order chi connectivity index (χ0) is 16.5. The van der Waals surface area contributed by atoms with Crippen molar-refractivity contribution in [2.24, 2.45) is 0 Å². The number of nitrogens with zero attached hydrogens (tertiary/aromatic N) is 1. The van der Waals surface area contributed by atoms with E-state index in [4.69, 9.17) is 9.47 Å². The number of carbonyl (C=O) groups excluding carboxylic acids is 1. The summed E-state index contributed by atoms with van der Waals surface area (Å²) in [5.41, 5.74) is 0. The van der Waals surface area contributed by atoms with Crippen LogP contribution in [0.3, 0.4) is 0 Å². The highest BCUT2D eigenvalue weighted by Crippen LogP contribution is 2.18. The van der Waals surface area contributed by atoms with E-state index in [2.05, 4.69) is 12.2 Å². The number of hydrogen-bond acceptors (Lipinski definition) is 4. The summed E-state index contributed by atoms with van der Waals surface area (Å²) in [6, 6.07) is 7.74. The summed E-state index contributed by atoms with van der Waals surface area (Å²) in [6.45, 7) is 7.56. The predicted octanol–water partition coefficient (Wildman–Crippen LogP) is 2.88. The Kier molecular flexibility index (Phi) is 9.57. The molecule has 136 valence electrons. The molecule has 0 aromatic heterocycles. The number of benzene rings is 1. The molecule has 1 aromatic rings. The van der Waals surface area contributed by atoms with Crippen LogP contribution in [0.2, 0.25) is 0 Å². The molecule has 1 saturated heterocycles. The fourth-order valence-electron chi connectivity index (χ4n) is 2.90. The highest BCUT2D eigenvalue weighted by atomic mass is 35.5. The summed E-state index contributed by atoms with van der Waals surface area (Å²) in [5, 5.41) is 3.34. The SMILES string of the molecule is CCCN(C(=O)COc1ccc(OCC)cc1)C1CCNCC1.Cl. The zero-order valence-corrected chi connectivity index (χ0v) is 15.4. The van der Waals surface area contributed by atoms with E-state index in [-0.39, 0.29) is 24.9 Å². The van der Waals surface area contributed by atoms with Gasteiger partial charge in [-0.3, -0.25) is 4.79 Å². The largest absolute Gasteiger partial charge is 0.494 e. The molecule has 1 aliphatic heterocycles. The Labute approximate surface area is 151 Å². The van der Waals surface area contributed by atoms with Gasteiger partial charge in [-0.2, -0.15) is 0 Å². The molecule has 0 atom stereocenters. The van der Waals surface area contributed by atoms with Gasteiger partial charge in [0, 0.05) is 12.6 Å². The van der Waals surface area contributed by atoms with E-state index in [0.29, 0.717) is 18.4 Å². The number of carbonyl (C=O) groups is 1. The van der Waals surface area contributed by atoms with Crippen LogP contribution in [0.1, 0.15) is 33.1 Å². The van der Waals surface area contributed by atoms with Crippen molar-refractivity contribution < 1.29 is 14.3 Å². The molecule has 1 aliphatic rings. The van der Waals surface area contributed by atoms with Gasteiger partial charge >= 0.3 is 0 Å². The zero-order valence-electron chi connectivity index (χ0n) is 14.6. The number of hydrogen-bond donors (Lipinski definition) is 1. The Morgan fingerprint density at radius 2 is 1.71 bits per heavy atom. The van der Waals surface area contributed by atoms with Crippen LogP contribution in [0.4, 0.5) is 0 Å². The highest BCUT2D eigenvalue weighted by molar-refractivity contribution is 5.85. The van der Waals surface area contributed by atoms with Gasteiger partial charge in [-0.15, -0.1) is 12.4 Å². The summed E-state index contributed by atoms with van der Waals surface area (Å²) < 4.78 is 11.1. The molecule has 2 rings (SSSR count). The molecule has 6 heteroatoms. The Balaban J connectivity index is 0.00000288. The minimum absolute atomic E-state index is 0. The van der Waals surface area contributed by atoms with E-state index in [1.54, 1.807) is 0 Å². The normalized spacial score (nSPS) is 14.6. The van der Waals surface area contributed by atoms with Gasteiger partial charge in [-0.05, 0) is 63.5 Å². The third-order valence-corrected chi connectivity index (χ3v) is 4.03. The van der Waals surface area contributed by atoms with Crippen LogP contribution in [-0.2, 0) is 4.79 Å². The lowest BCUT2D eigenvalue weighted by Gasteiger charge is -2.34. The molecule has 1 amide bonds. The second kappa shape index (κ2) is 11.2. The van der Waals surface area contributed by atoms with Crippen LogP contribution in [0.25, 0.3) is 0 Å². The van der Waals surface area contributed by atoms with Crippen LogP contribution < -0.4 is 14.8 Å². The summed E-state index contributed by atoms with van der Waals surface area (Å²) in [4.78, 5) is 14.5. The van der Waals surface area contributed by atoms with Gasteiger partial charge in [0.15, 0.2) is 6.61 Å². The summed E-state index contributed by atoms with van der Waals surface area (Å²) in [5.74, 6) is 1.59. The molecule has 5 nitrogen and oxygen atoms in total. The van der Waals surface area contributed by atoms with Crippen molar-refractivity contribution in [2.45, 2.75) is 39.2 Å². The third kappa shape index (κ3) is 6.21. The Bertz CT molecular complexity index is 476. The number of amides is 1. The van der Waals surface area contributed by atoms with Crippen molar-refractivity contribution in [1.82, 2.24) is 10.2 Å². The van der Waals surface area contributed by atoms with E-state index in [9.17, 15) is 4.79 Å². The number of piperidine rings is 1. The smallest absolute Gasteiger partial charge is 0.260 e. The maximum atomic E-state index is 12.5. The number of nitrogens with one attached hydrogen (secondary N) is 1. The lowest BCUT2D eigenvalue weighted by atomic mass is 10.0. The van der Waals surface area contributed by atoms with Gasteiger partial charge in [0.2, 0.25) is 0 Å². The monoisotopic (exact) mass is 356 g/mol. The molecule has 1 heterocycles. The fourth-order valence-corrected chi connectivity index (χ4v) is 2.90. The predicted molar refractivity (Wildman–Crippen MR) is 98.2 cm³/mol. The molecule has 24 heavy (non-hydrogen) atoms. The van der Waals surface area contributed by atoms with E-state index in [1.165, 1.54) is 0 Å². The molecule has 0 unspecified atom stereocenters. The minimum Gasteiger partial charge on any atom is -0.494 e. The lowest BCUT2D eigenvalue weighted by molar-refractivity contribution is -0.136. The van der Waals surface area contributed by atoms with Crippen molar-refractivity contribution in [3.8, 4) is 11.5 Å². The third-order valence-electron chi connectivity index (χ3n) is 4.03. The minimum atomic E-state index is 0. The van der Waals surface area contributed by atoms with Crippen molar-refractivity contribution in [3.05, 3.63) is 24.3 Å². The molecule has 1 fully saturated rings. The highest BCUT2D eigenvalue weighted by Gasteiger charge is 2.24. The number of halogens is 1. The Morgan fingerprint density at radius 3 is 2.25 bits per heavy atom. The molecule has 0 saturated carbocycles. The topological polar surface area (TPSA) is 50.8 Å². The van der Waals surface area contributed by atoms with E-state index in [1.807, 2.05) is 36.1 Å². The average molecular weight is 357 g/mol. The maximum absolute atomic E-state index is 12.5. The first-order chi connectivity index (χ1) is 11.2. The van der Waals surface area contributed by atoms with Crippen LogP contribution in [-0.4, -0.2) is 49.7 Å². The maximum Gasteiger partial charge on any atom is 0.260 e. The molecular weight excluding hydrogens is 328 g/mol. The van der Waals surface area contributed by atoms with E-state index in [0.717, 1.165) is 44.6 Å². The quantitative estimate of drug-likeness (QED) is 0.778. The first kappa shape index (κ1) is 20.6. The summed E-state index contributed by atoms with van der Waals surface area (Å²) in [7, 11) is 0. The average Bonchev–Trinajstić information content (AvgIpc) is 2.60. The summed E-state index contributed by atoms with van der Waals surface area (Å²) in [6.07, 6.45) is 3.02. The molecule has 0 spiro atoms. The van der Waals surface area contributed by atoms with Crippen molar-refractivity contribution >= 4 is 18.3 Å². The Hall–Kier alpha value is -1.46. The fraction of sp³-hybridized carbons (Fsp3) is 0.611.